The third-order valence-corrected chi connectivity index (χ3v) is 3.14. The van der Waals surface area contributed by atoms with E-state index in [1.165, 1.54) is 19.3 Å². The van der Waals surface area contributed by atoms with Gasteiger partial charge in [-0.25, -0.2) is 0 Å². The van der Waals surface area contributed by atoms with E-state index in [0.717, 1.165) is 32.7 Å². The Morgan fingerprint density at radius 1 is 1.50 bits per heavy atom. The molecule has 0 aromatic carbocycles. The summed E-state index contributed by atoms with van der Waals surface area (Å²) in [6.45, 7) is 8.78. The standard InChI is InChI=1S/C12H25N3O/c1-3-15(9-8-13-11(2)16)10-12-6-4-5-7-14-12/h12,14H,3-10H2,1-2H3,(H,13,16). The minimum atomic E-state index is 0.0619. The van der Waals surface area contributed by atoms with Gasteiger partial charge in [-0.3, -0.25) is 4.79 Å². The lowest BCUT2D eigenvalue weighted by molar-refractivity contribution is -0.119. The first kappa shape index (κ1) is 13.5. The lowest BCUT2D eigenvalue weighted by atomic mass is 10.0. The van der Waals surface area contributed by atoms with E-state index >= 15 is 0 Å². The monoisotopic (exact) mass is 227 g/mol. The molecule has 1 rings (SSSR count). The van der Waals surface area contributed by atoms with Crippen molar-refractivity contribution in [1.29, 1.82) is 0 Å². The second-order valence-corrected chi connectivity index (χ2v) is 4.52. The summed E-state index contributed by atoms with van der Waals surface area (Å²) in [6.07, 6.45) is 3.95. The summed E-state index contributed by atoms with van der Waals surface area (Å²) in [5.41, 5.74) is 0. The van der Waals surface area contributed by atoms with Gasteiger partial charge in [-0.05, 0) is 25.9 Å². The van der Waals surface area contributed by atoms with Crippen molar-refractivity contribution in [3.05, 3.63) is 0 Å². The van der Waals surface area contributed by atoms with Gasteiger partial charge >= 0.3 is 0 Å². The molecule has 0 spiro atoms. The van der Waals surface area contributed by atoms with E-state index in [1.807, 2.05) is 0 Å². The van der Waals surface area contributed by atoms with Crippen molar-refractivity contribution >= 4 is 5.91 Å². The molecule has 1 amide bonds. The van der Waals surface area contributed by atoms with Gasteiger partial charge in [0, 0.05) is 32.6 Å². The Morgan fingerprint density at radius 2 is 2.31 bits per heavy atom. The van der Waals surface area contributed by atoms with E-state index in [9.17, 15) is 4.79 Å². The molecule has 1 aliphatic rings. The Hall–Kier alpha value is -0.610. The first-order valence-electron chi connectivity index (χ1n) is 6.42. The average molecular weight is 227 g/mol. The van der Waals surface area contributed by atoms with Crippen LogP contribution in [-0.2, 0) is 4.79 Å². The number of rotatable bonds is 6. The largest absolute Gasteiger partial charge is 0.355 e. The number of nitrogens with one attached hydrogen (secondary N) is 2. The van der Waals surface area contributed by atoms with Gasteiger partial charge < -0.3 is 15.5 Å². The topological polar surface area (TPSA) is 44.4 Å². The van der Waals surface area contributed by atoms with Crippen molar-refractivity contribution in [2.24, 2.45) is 0 Å². The second kappa shape index (κ2) is 7.63. The molecule has 4 heteroatoms. The molecule has 0 radical (unpaired) electrons. The number of carbonyl (C=O) groups excluding carboxylic acids is 1. The quantitative estimate of drug-likeness (QED) is 0.698. The molecule has 0 aliphatic carbocycles. The van der Waals surface area contributed by atoms with E-state index in [4.69, 9.17) is 0 Å². The summed E-state index contributed by atoms with van der Waals surface area (Å²) in [4.78, 5) is 13.2. The Morgan fingerprint density at radius 3 is 2.88 bits per heavy atom. The van der Waals surface area contributed by atoms with Crippen LogP contribution in [0.15, 0.2) is 0 Å². The molecule has 0 aromatic rings. The molecule has 1 saturated heterocycles. The fourth-order valence-corrected chi connectivity index (χ4v) is 2.16. The molecular formula is C12H25N3O. The van der Waals surface area contributed by atoms with E-state index < -0.39 is 0 Å². The Labute approximate surface area is 98.8 Å². The fourth-order valence-electron chi connectivity index (χ4n) is 2.16. The van der Waals surface area contributed by atoms with Crippen LogP contribution in [0.4, 0.5) is 0 Å². The van der Waals surface area contributed by atoms with Gasteiger partial charge in [-0.15, -0.1) is 0 Å². The van der Waals surface area contributed by atoms with Gasteiger partial charge in [0.05, 0.1) is 0 Å². The highest BCUT2D eigenvalue weighted by atomic mass is 16.1. The van der Waals surface area contributed by atoms with Gasteiger partial charge in [0.25, 0.3) is 0 Å². The zero-order valence-electron chi connectivity index (χ0n) is 10.6. The average Bonchev–Trinajstić information content (AvgIpc) is 2.28. The van der Waals surface area contributed by atoms with Gasteiger partial charge in [0.1, 0.15) is 0 Å². The van der Waals surface area contributed by atoms with Crippen molar-refractivity contribution in [1.82, 2.24) is 15.5 Å². The van der Waals surface area contributed by atoms with Crippen LogP contribution in [0.2, 0.25) is 0 Å². The molecule has 1 fully saturated rings. The number of nitrogens with zero attached hydrogens (tertiary/aromatic N) is 1. The number of piperidine rings is 1. The highest BCUT2D eigenvalue weighted by Gasteiger charge is 2.15. The fraction of sp³-hybridized carbons (Fsp3) is 0.917. The smallest absolute Gasteiger partial charge is 0.216 e. The van der Waals surface area contributed by atoms with Crippen LogP contribution in [0.3, 0.4) is 0 Å². The number of hydrogen-bond acceptors (Lipinski definition) is 3. The molecule has 1 aliphatic heterocycles. The zero-order chi connectivity index (χ0) is 11.8. The van der Waals surface area contributed by atoms with E-state index in [-0.39, 0.29) is 5.91 Å². The number of carbonyl (C=O) groups is 1. The SMILES string of the molecule is CCN(CCNC(C)=O)CC1CCCCN1. The van der Waals surface area contributed by atoms with E-state index in [1.54, 1.807) is 6.92 Å². The second-order valence-electron chi connectivity index (χ2n) is 4.52. The minimum absolute atomic E-state index is 0.0619. The van der Waals surface area contributed by atoms with Crippen LogP contribution in [0, 0.1) is 0 Å². The molecular weight excluding hydrogens is 202 g/mol. The van der Waals surface area contributed by atoms with Crippen molar-refractivity contribution in [2.75, 3.05) is 32.7 Å². The summed E-state index contributed by atoms with van der Waals surface area (Å²) in [7, 11) is 0. The summed E-state index contributed by atoms with van der Waals surface area (Å²) in [5, 5.41) is 6.40. The molecule has 94 valence electrons. The van der Waals surface area contributed by atoms with Crippen LogP contribution < -0.4 is 10.6 Å². The van der Waals surface area contributed by atoms with Gasteiger partial charge in [0.2, 0.25) is 5.91 Å². The Balaban J connectivity index is 2.16. The van der Waals surface area contributed by atoms with Crippen molar-refractivity contribution in [3.63, 3.8) is 0 Å². The van der Waals surface area contributed by atoms with E-state index in [2.05, 4.69) is 22.5 Å². The molecule has 1 atom stereocenters. The number of amides is 1. The maximum Gasteiger partial charge on any atom is 0.216 e. The van der Waals surface area contributed by atoms with Crippen LogP contribution in [0.25, 0.3) is 0 Å². The predicted molar refractivity (Wildman–Crippen MR) is 66.4 cm³/mol. The summed E-state index contributed by atoms with van der Waals surface area (Å²) in [5.74, 6) is 0.0619. The first-order valence-corrected chi connectivity index (χ1v) is 6.42. The van der Waals surface area contributed by atoms with Crippen molar-refractivity contribution in [2.45, 2.75) is 39.2 Å². The van der Waals surface area contributed by atoms with Crippen LogP contribution >= 0.6 is 0 Å². The summed E-state index contributed by atoms with van der Waals surface area (Å²) in [6, 6.07) is 0.644. The highest BCUT2D eigenvalue weighted by Crippen LogP contribution is 2.08. The van der Waals surface area contributed by atoms with Crippen molar-refractivity contribution < 1.29 is 4.79 Å². The maximum absolute atomic E-state index is 10.8. The highest BCUT2D eigenvalue weighted by molar-refractivity contribution is 5.72. The molecule has 4 nitrogen and oxygen atoms in total. The first-order chi connectivity index (χ1) is 7.72. The third-order valence-electron chi connectivity index (χ3n) is 3.14. The summed E-state index contributed by atoms with van der Waals surface area (Å²) < 4.78 is 0. The van der Waals surface area contributed by atoms with Gasteiger partial charge in [-0.2, -0.15) is 0 Å². The molecule has 0 aromatic heterocycles. The van der Waals surface area contributed by atoms with Gasteiger partial charge in [0.15, 0.2) is 0 Å². The van der Waals surface area contributed by atoms with E-state index in [0.29, 0.717) is 6.04 Å². The lowest BCUT2D eigenvalue weighted by Crippen LogP contribution is -2.45. The summed E-state index contributed by atoms with van der Waals surface area (Å²) >= 11 is 0. The molecule has 16 heavy (non-hydrogen) atoms. The van der Waals surface area contributed by atoms with Crippen LogP contribution in [-0.4, -0.2) is 49.6 Å². The van der Waals surface area contributed by atoms with Gasteiger partial charge in [-0.1, -0.05) is 13.3 Å². The normalized spacial score (nSPS) is 21.1. The molecule has 2 N–H and O–H groups in total. The number of likely N-dealkylation sites (N-methyl/N-ethyl adjacent to an activating group) is 1. The molecule has 0 bridgehead atoms. The molecule has 1 unspecified atom stereocenters. The predicted octanol–water partition coefficient (Wildman–Crippen LogP) is 0.587. The lowest BCUT2D eigenvalue weighted by Gasteiger charge is -2.29. The molecule has 0 saturated carbocycles. The Kier molecular flexibility index (Phi) is 6.42. The zero-order valence-corrected chi connectivity index (χ0v) is 10.6. The molecule has 1 heterocycles. The van der Waals surface area contributed by atoms with Crippen molar-refractivity contribution in [3.8, 4) is 0 Å². The minimum Gasteiger partial charge on any atom is -0.355 e. The maximum atomic E-state index is 10.8. The van der Waals surface area contributed by atoms with Crippen LogP contribution in [0.1, 0.15) is 33.1 Å². The third kappa shape index (κ3) is 5.47. The number of hydrogen-bond donors (Lipinski definition) is 2. The Bertz CT molecular complexity index is 202. The van der Waals surface area contributed by atoms with Crippen LogP contribution in [0.5, 0.6) is 0 Å².